The minimum absolute atomic E-state index is 0.162. The van der Waals surface area contributed by atoms with Crippen molar-refractivity contribution in [3.8, 4) is 0 Å². The van der Waals surface area contributed by atoms with E-state index in [0.717, 1.165) is 25.9 Å². The predicted molar refractivity (Wildman–Crippen MR) is 78.4 cm³/mol. The molecule has 1 amide bonds. The van der Waals surface area contributed by atoms with Crippen LogP contribution in [0.3, 0.4) is 0 Å². The lowest BCUT2D eigenvalue weighted by Gasteiger charge is -2.30. The van der Waals surface area contributed by atoms with E-state index in [9.17, 15) is 14.7 Å². The van der Waals surface area contributed by atoms with Gasteiger partial charge in [0.25, 0.3) is 0 Å². The average molecular weight is 284 g/mol. The summed E-state index contributed by atoms with van der Waals surface area (Å²) in [6.07, 6.45) is 2.69. The zero-order chi connectivity index (χ0) is 15.3. The molecule has 0 aromatic heterocycles. The number of carboxylic acids is 1. The van der Waals surface area contributed by atoms with Crippen LogP contribution in [-0.2, 0) is 9.59 Å². The maximum atomic E-state index is 12.1. The molecule has 1 aliphatic heterocycles. The molecular weight excluding hydrogens is 256 g/mol. The Kier molecular flexibility index (Phi) is 5.99. The van der Waals surface area contributed by atoms with E-state index in [1.54, 1.807) is 0 Å². The summed E-state index contributed by atoms with van der Waals surface area (Å²) in [5.41, 5.74) is -0.489. The number of hydrogen-bond acceptors (Lipinski definition) is 3. The topological polar surface area (TPSA) is 78.4 Å². The van der Waals surface area contributed by atoms with Crippen LogP contribution >= 0.6 is 0 Å². The highest BCUT2D eigenvalue weighted by atomic mass is 16.4. The molecule has 0 spiro atoms. The van der Waals surface area contributed by atoms with Crippen LogP contribution in [-0.4, -0.2) is 36.1 Å². The molecule has 1 rings (SSSR count). The van der Waals surface area contributed by atoms with Gasteiger partial charge in [-0.15, -0.1) is 0 Å². The molecule has 5 heteroatoms. The van der Waals surface area contributed by atoms with Crippen molar-refractivity contribution < 1.29 is 14.7 Å². The van der Waals surface area contributed by atoms with Crippen molar-refractivity contribution in [2.75, 3.05) is 13.1 Å². The third-order valence-corrected chi connectivity index (χ3v) is 4.07. The summed E-state index contributed by atoms with van der Waals surface area (Å²) in [4.78, 5) is 23.3. The summed E-state index contributed by atoms with van der Waals surface area (Å²) in [5, 5.41) is 15.2. The standard InChI is InChI=1S/C15H28N2O3/c1-10(11-6-5-7-16-9-11)8-12(18)17-13(14(19)20)15(2,3)4/h10-11,13,16H,5-9H2,1-4H3,(H,17,18)(H,19,20)/t10?,11?,13-/m1/s1. The van der Waals surface area contributed by atoms with E-state index in [1.165, 1.54) is 0 Å². The van der Waals surface area contributed by atoms with Gasteiger partial charge < -0.3 is 15.7 Å². The Labute approximate surface area is 121 Å². The van der Waals surface area contributed by atoms with Gasteiger partial charge in [-0.1, -0.05) is 27.7 Å². The van der Waals surface area contributed by atoms with Crippen molar-refractivity contribution >= 4 is 11.9 Å². The summed E-state index contributed by atoms with van der Waals surface area (Å²) in [6, 6.07) is -0.841. The van der Waals surface area contributed by atoms with Crippen molar-refractivity contribution in [2.24, 2.45) is 17.3 Å². The molecule has 5 nitrogen and oxygen atoms in total. The molecule has 0 bridgehead atoms. The number of carboxylic acid groups (broad SMARTS) is 1. The van der Waals surface area contributed by atoms with E-state index >= 15 is 0 Å². The largest absolute Gasteiger partial charge is 0.480 e. The fourth-order valence-corrected chi connectivity index (χ4v) is 2.69. The molecule has 1 saturated heterocycles. The van der Waals surface area contributed by atoms with Crippen LogP contribution in [0, 0.1) is 17.3 Å². The monoisotopic (exact) mass is 284 g/mol. The van der Waals surface area contributed by atoms with Gasteiger partial charge >= 0.3 is 5.97 Å². The van der Waals surface area contributed by atoms with Crippen molar-refractivity contribution in [1.82, 2.24) is 10.6 Å². The van der Waals surface area contributed by atoms with Gasteiger partial charge in [0.05, 0.1) is 0 Å². The van der Waals surface area contributed by atoms with E-state index in [2.05, 4.69) is 17.6 Å². The first-order chi connectivity index (χ1) is 9.21. The van der Waals surface area contributed by atoms with Crippen LogP contribution in [0.5, 0.6) is 0 Å². The predicted octanol–water partition coefficient (Wildman–Crippen LogP) is 1.63. The Morgan fingerprint density at radius 3 is 2.50 bits per heavy atom. The molecule has 0 radical (unpaired) electrons. The van der Waals surface area contributed by atoms with Crippen LogP contribution in [0.15, 0.2) is 0 Å². The van der Waals surface area contributed by atoms with Crippen molar-refractivity contribution in [2.45, 2.75) is 53.0 Å². The number of aliphatic carboxylic acids is 1. The fraction of sp³-hybridized carbons (Fsp3) is 0.867. The Balaban J connectivity index is 2.50. The number of carbonyl (C=O) groups is 2. The summed E-state index contributed by atoms with van der Waals surface area (Å²) in [7, 11) is 0. The molecule has 0 aliphatic carbocycles. The summed E-state index contributed by atoms with van der Waals surface area (Å²) < 4.78 is 0. The molecule has 1 fully saturated rings. The van der Waals surface area contributed by atoms with Crippen LogP contribution in [0.4, 0.5) is 0 Å². The Hall–Kier alpha value is -1.10. The lowest BCUT2D eigenvalue weighted by Crippen LogP contribution is -2.49. The maximum absolute atomic E-state index is 12.1. The Bertz CT molecular complexity index is 344. The zero-order valence-electron chi connectivity index (χ0n) is 13.0. The van der Waals surface area contributed by atoms with Gasteiger partial charge in [0.2, 0.25) is 5.91 Å². The molecular formula is C15H28N2O3. The molecule has 116 valence electrons. The van der Waals surface area contributed by atoms with Gasteiger partial charge in [-0.3, -0.25) is 4.79 Å². The van der Waals surface area contributed by atoms with Crippen LogP contribution in [0.2, 0.25) is 0 Å². The second-order valence-corrected chi connectivity index (χ2v) is 6.99. The minimum Gasteiger partial charge on any atom is -0.480 e. The number of carbonyl (C=O) groups excluding carboxylic acids is 1. The summed E-state index contributed by atoms with van der Waals surface area (Å²) in [6.45, 7) is 9.54. The first-order valence-corrected chi connectivity index (χ1v) is 7.44. The zero-order valence-corrected chi connectivity index (χ0v) is 13.0. The third-order valence-electron chi connectivity index (χ3n) is 4.07. The number of amides is 1. The van der Waals surface area contributed by atoms with E-state index in [0.29, 0.717) is 12.3 Å². The molecule has 1 heterocycles. The molecule has 0 aromatic carbocycles. The van der Waals surface area contributed by atoms with Gasteiger partial charge in [-0.05, 0) is 43.2 Å². The summed E-state index contributed by atoms with van der Waals surface area (Å²) >= 11 is 0. The highest BCUT2D eigenvalue weighted by Crippen LogP contribution is 2.23. The third kappa shape index (κ3) is 5.12. The minimum atomic E-state index is -0.974. The number of piperidine rings is 1. The van der Waals surface area contributed by atoms with Gasteiger partial charge in [-0.25, -0.2) is 4.79 Å². The van der Waals surface area contributed by atoms with Crippen LogP contribution in [0.1, 0.15) is 47.0 Å². The fourth-order valence-electron chi connectivity index (χ4n) is 2.69. The molecule has 20 heavy (non-hydrogen) atoms. The average Bonchev–Trinajstić information content (AvgIpc) is 2.35. The van der Waals surface area contributed by atoms with Crippen LogP contribution < -0.4 is 10.6 Å². The van der Waals surface area contributed by atoms with Crippen molar-refractivity contribution in [1.29, 1.82) is 0 Å². The van der Waals surface area contributed by atoms with Gasteiger partial charge in [0, 0.05) is 6.42 Å². The van der Waals surface area contributed by atoms with E-state index in [-0.39, 0.29) is 11.8 Å². The van der Waals surface area contributed by atoms with E-state index in [1.807, 2.05) is 20.8 Å². The number of rotatable bonds is 5. The normalized spacial score (nSPS) is 22.9. The second kappa shape index (κ2) is 7.07. The maximum Gasteiger partial charge on any atom is 0.326 e. The molecule has 3 atom stereocenters. The first-order valence-electron chi connectivity index (χ1n) is 7.44. The van der Waals surface area contributed by atoms with Gasteiger partial charge in [-0.2, -0.15) is 0 Å². The summed E-state index contributed by atoms with van der Waals surface area (Å²) in [5.74, 6) is -0.354. The van der Waals surface area contributed by atoms with E-state index < -0.39 is 17.4 Å². The number of nitrogens with one attached hydrogen (secondary N) is 2. The van der Waals surface area contributed by atoms with Crippen LogP contribution in [0.25, 0.3) is 0 Å². The Morgan fingerprint density at radius 1 is 1.40 bits per heavy atom. The highest BCUT2D eigenvalue weighted by Gasteiger charge is 2.33. The van der Waals surface area contributed by atoms with Gasteiger partial charge in [0.1, 0.15) is 6.04 Å². The van der Waals surface area contributed by atoms with Crippen molar-refractivity contribution in [3.05, 3.63) is 0 Å². The molecule has 3 N–H and O–H groups in total. The molecule has 1 aliphatic rings. The first kappa shape index (κ1) is 17.0. The van der Waals surface area contributed by atoms with Gasteiger partial charge in [0.15, 0.2) is 0 Å². The quantitative estimate of drug-likeness (QED) is 0.717. The lowest BCUT2D eigenvalue weighted by molar-refractivity contribution is -0.145. The number of hydrogen-bond donors (Lipinski definition) is 3. The molecule has 2 unspecified atom stereocenters. The second-order valence-electron chi connectivity index (χ2n) is 6.99. The van der Waals surface area contributed by atoms with Crippen molar-refractivity contribution in [3.63, 3.8) is 0 Å². The molecule has 0 aromatic rings. The smallest absolute Gasteiger partial charge is 0.326 e. The highest BCUT2D eigenvalue weighted by molar-refractivity contribution is 5.84. The molecule has 0 saturated carbocycles. The lowest BCUT2D eigenvalue weighted by atomic mass is 9.84. The Morgan fingerprint density at radius 2 is 2.05 bits per heavy atom. The SMILES string of the molecule is CC(CC(=O)N[C@H](C(=O)O)C(C)(C)C)C1CCCNC1. The van der Waals surface area contributed by atoms with E-state index in [4.69, 9.17) is 0 Å².